The molecule has 1 atom stereocenters. The molecule has 0 aliphatic rings. The summed E-state index contributed by atoms with van der Waals surface area (Å²) >= 11 is 0. The van der Waals surface area contributed by atoms with Gasteiger partial charge in [-0.25, -0.2) is 4.39 Å². The highest BCUT2D eigenvalue weighted by molar-refractivity contribution is 5.80. The molecule has 1 rings (SSSR count). The van der Waals surface area contributed by atoms with Gasteiger partial charge in [-0.3, -0.25) is 4.79 Å². The zero-order chi connectivity index (χ0) is 15.8. The monoisotopic (exact) mass is 296 g/mol. The molecule has 0 saturated carbocycles. The van der Waals surface area contributed by atoms with Gasteiger partial charge in [-0.05, 0) is 32.4 Å². The molecule has 118 valence electrons. The maximum atomic E-state index is 14.0. The maximum absolute atomic E-state index is 14.0. The Morgan fingerprint density at radius 3 is 2.67 bits per heavy atom. The second kappa shape index (κ2) is 8.62. The van der Waals surface area contributed by atoms with Crippen molar-refractivity contribution in [3.63, 3.8) is 0 Å². The van der Waals surface area contributed by atoms with Gasteiger partial charge in [0.1, 0.15) is 0 Å². The van der Waals surface area contributed by atoms with E-state index in [1.54, 1.807) is 19.1 Å². The smallest absolute Gasteiger partial charge is 0.260 e. The first kappa shape index (κ1) is 17.4. The standard InChI is InChI=1S/C16H25FN2O2/c1-5-19-16(20)12(4)21-15-13(7-6-8-14(15)17)10-18-9-11(2)3/h6-8,11-12,18H,5,9-10H2,1-4H3,(H,19,20). The molecular weight excluding hydrogens is 271 g/mol. The Balaban J connectivity index is 2.77. The Hall–Kier alpha value is -1.62. The molecule has 1 aromatic rings. The molecule has 5 heteroatoms. The van der Waals surface area contributed by atoms with E-state index in [-0.39, 0.29) is 11.7 Å². The van der Waals surface area contributed by atoms with E-state index in [1.165, 1.54) is 6.07 Å². The highest BCUT2D eigenvalue weighted by Crippen LogP contribution is 2.24. The van der Waals surface area contributed by atoms with Crippen molar-refractivity contribution in [2.75, 3.05) is 13.1 Å². The largest absolute Gasteiger partial charge is 0.477 e. The summed E-state index contributed by atoms with van der Waals surface area (Å²) in [6, 6.07) is 4.78. The van der Waals surface area contributed by atoms with Crippen LogP contribution in [0.15, 0.2) is 18.2 Å². The van der Waals surface area contributed by atoms with Crippen molar-refractivity contribution < 1.29 is 13.9 Å². The predicted octanol–water partition coefficient (Wildman–Crippen LogP) is 2.47. The molecule has 1 unspecified atom stereocenters. The second-order valence-corrected chi connectivity index (χ2v) is 5.41. The Morgan fingerprint density at radius 1 is 1.33 bits per heavy atom. The zero-order valence-electron chi connectivity index (χ0n) is 13.2. The van der Waals surface area contributed by atoms with E-state index in [9.17, 15) is 9.18 Å². The fourth-order valence-electron chi connectivity index (χ4n) is 1.87. The minimum atomic E-state index is -0.731. The summed E-state index contributed by atoms with van der Waals surface area (Å²) in [5.41, 5.74) is 0.715. The van der Waals surface area contributed by atoms with Crippen LogP contribution in [0.5, 0.6) is 5.75 Å². The highest BCUT2D eigenvalue weighted by atomic mass is 19.1. The number of benzene rings is 1. The molecule has 0 aromatic heterocycles. The van der Waals surface area contributed by atoms with E-state index < -0.39 is 11.9 Å². The third-order valence-corrected chi connectivity index (χ3v) is 2.93. The van der Waals surface area contributed by atoms with Gasteiger partial charge in [0, 0.05) is 18.7 Å². The van der Waals surface area contributed by atoms with E-state index in [4.69, 9.17) is 4.74 Å². The third kappa shape index (κ3) is 5.71. The Labute approximate surface area is 126 Å². The van der Waals surface area contributed by atoms with Crippen LogP contribution in [0.1, 0.15) is 33.3 Å². The van der Waals surface area contributed by atoms with Crippen molar-refractivity contribution in [1.29, 1.82) is 0 Å². The lowest BCUT2D eigenvalue weighted by Gasteiger charge is -2.18. The van der Waals surface area contributed by atoms with Crippen molar-refractivity contribution in [3.05, 3.63) is 29.6 Å². The van der Waals surface area contributed by atoms with Gasteiger partial charge in [-0.15, -0.1) is 0 Å². The highest BCUT2D eigenvalue weighted by Gasteiger charge is 2.18. The molecule has 1 aromatic carbocycles. The minimum absolute atomic E-state index is 0.146. The van der Waals surface area contributed by atoms with Crippen molar-refractivity contribution in [2.45, 2.75) is 40.3 Å². The van der Waals surface area contributed by atoms with Gasteiger partial charge in [-0.2, -0.15) is 0 Å². The van der Waals surface area contributed by atoms with Crippen molar-refractivity contribution >= 4 is 5.91 Å². The van der Waals surface area contributed by atoms with Crippen LogP contribution in [-0.4, -0.2) is 25.1 Å². The van der Waals surface area contributed by atoms with Crippen LogP contribution in [0.3, 0.4) is 0 Å². The van der Waals surface area contributed by atoms with Crippen LogP contribution in [0.25, 0.3) is 0 Å². The number of halogens is 1. The number of likely N-dealkylation sites (N-methyl/N-ethyl adjacent to an activating group) is 1. The SMILES string of the molecule is CCNC(=O)C(C)Oc1c(F)cccc1CNCC(C)C. The lowest BCUT2D eigenvalue weighted by Crippen LogP contribution is -2.36. The normalized spacial score (nSPS) is 12.3. The van der Waals surface area contributed by atoms with Crippen LogP contribution in [0.4, 0.5) is 4.39 Å². The van der Waals surface area contributed by atoms with Crippen molar-refractivity contribution in [1.82, 2.24) is 10.6 Å². The zero-order valence-corrected chi connectivity index (χ0v) is 13.2. The molecular formula is C16H25FN2O2. The van der Waals surface area contributed by atoms with Gasteiger partial charge >= 0.3 is 0 Å². The first-order valence-electron chi connectivity index (χ1n) is 7.38. The van der Waals surface area contributed by atoms with Crippen molar-refractivity contribution in [3.8, 4) is 5.75 Å². The first-order valence-corrected chi connectivity index (χ1v) is 7.38. The summed E-state index contributed by atoms with van der Waals surface area (Å²) < 4.78 is 19.5. The van der Waals surface area contributed by atoms with Gasteiger partial charge in [-0.1, -0.05) is 26.0 Å². The molecule has 2 N–H and O–H groups in total. The maximum Gasteiger partial charge on any atom is 0.260 e. The molecule has 0 saturated heterocycles. The Kier molecular flexibility index (Phi) is 7.15. The number of rotatable bonds is 8. The van der Waals surface area contributed by atoms with Crippen LogP contribution in [0.2, 0.25) is 0 Å². The average molecular weight is 296 g/mol. The molecule has 0 aliphatic heterocycles. The van der Waals surface area contributed by atoms with E-state index >= 15 is 0 Å². The van der Waals surface area contributed by atoms with Crippen LogP contribution in [-0.2, 0) is 11.3 Å². The number of ether oxygens (including phenoxy) is 1. The van der Waals surface area contributed by atoms with E-state index in [1.807, 2.05) is 6.92 Å². The molecule has 0 spiro atoms. The number of para-hydroxylation sites is 1. The van der Waals surface area contributed by atoms with Gasteiger partial charge in [0.25, 0.3) is 5.91 Å². The van der Waals surface area contributed by atoms with Crippen LogP contribution >= 0.6 is 0 Å². The predicted molar refractivity (Wildman–Crippen MR) is 81.7 cm³/mol. The summed E-state index contributed by atoms with van der Waals surface area (Å²) in [7, 11) is 0. The number of carbonyl (C=O) groups excluding carboxylic acids is 1. The van der Waals surface area contributed by atoms with E-state index in [0.717, 1.165) is 6.54 Å². The van der Waals surface area contributed by atoms with Gasteiger partial charge in [0.2, 0.25) is 0 Å². The van der Waals surface area contributed by atoms with Gasteiger partial charge < -0.3 is 15.4 Å². The molecule has 0 heterocycles. The summed E-state index contributed by atoms with van der Waals surface area (Å²) in [5.74, 6) is -0.0402. The molecule has 0 aliphatic carbocycles. The molecule has 21 heavy (non-hydrogen) atoms. The quantitative estimate of drug-likeness (QED) is 0.775. The molecule has 4 nitrogen and oxygen atoms in total. The second-order valence-electron chi connectivity index (χ2n) is 5.41. The molecule has 0 fully saturated rings. The number of hydrogen-bond acceptors (Lipinski definition) is 3. The van der Waals surface area contributed by atoms with Gasteiger partial charge in [0.15, 0.2) is 17.7 Å². The average Bonchev–Trinajstić information content (AvgIpc) is 2.42. The number of amides is 1. The van der Waals surface area contributed by atoms with E-state index in [0.29, 0.717) is 24.6 Å². The fraction of sp³-hybridized carbons (Fsp3) is 0.562. The van der Waals surface area contributed by atoms with Crippen molar-refractivity contribution in [2.24, 2.45) is 5.92 Å². The van der Waals surface area contributed by atoms with E-state index in [2.05, 4.69) is 24.5 Å². The summed E-state index contributed by atoms with van der Waals surface area (Å²) in [5, 5.41) is 5.91. The van der Waals surface area contributed by atoms with Crippen LogP contribution < -0.4 is 15.4 Å². The fourth-order valence-corrected chi connectivity index (χ4v) is 1.87. The minimum Gasteiger partial charge on any atom is -0.477 e. The number of carbonyl (C=O) groups is 1. The molecule has 0 radical (unpaired) electrons. The lowest BCUT2D eigenvalue weighted by atomic mass is 10.1. The van der Waals surface area contributed by atoms with Crippen LogP contribution in [0, 0.1) is 11.7 Å². The third-order valence-electron chi connectivity index (χ3n) is 2.93. The molecule has 0 bridgehead atoms. The molecule has 1 amide bonds. The topological polar surface area (TPSA) is 50.4 Å². The first-order chi connectivity index (χ1) is 9.95. The Bertz CT molecular complexity index is 464. The Morgan fingerprint density at radius 2 is 2.05 bits per heavy atom. The summed E-state index contributed by atoms with van der Waals surface area (Å²) in [6.45, 7) is 9.51. The number of nitrogens with one attached hydrogen (secondary N) is 2. The summed E-state index contributed by atoms with van der Waals surface area (Å²) in [6.07, 6.45) is -0.731. The lowest BCUT2D eigenvalue weighted by molar-refractivity contribution is -0.127. The number of hydrogen-bond donors (Lipinski definition) is 2. The summed E-state index contributed by atoms with van der Waals surface area (Å²) in [4.78, 5) is 11.7. The van der Waals surface area contributed by atoms with Gasteiger partial charge in [0.05, 0.1) is 0 Å².